The zero-order valence-corrected chi connectivity index (χ0v) is 6.72. The predicted molar refractivity (Wildman–Crippen MR) is 41.1 cm³/mol. The lowest BCUT2D eigenvalue weighted by atomic mass is 10.3. The highest BCUT2D eigenvalue weighted by molar-refractivity contribution is 9.11. The molecule has 1 N–H and O–H groups in total. The molecule has 0 aromatic rings. The number of hydrogen-bond donors (Lipinski definition) is 1. The lowest BCUT2D eigenvalue weighted by molar-refractivity contribution is 1.07. The van der Waals surface area contributed by atoms with Gasteiger partial charge in [-0.05, 0) is 17.3 Å². The van der Waals surface area contributed by atoms with Gasteiger partial charge in [-0.1, -0.05) is 29.1 Å². The van der Waals surface area contributed by atoms with Crippen molar-refractivity contribution in [2.45, 2.75) is 0 Å². The van der Waals surface area contributed by atoms with Crippen LogP contribution in [0.5, 0.6) is 0 Å². The molecule has 0 saturated heterocycles. The van der Waals surface area contributed by atoms with Crippen LogP contribution in [0, 0.1) is 0 Å². The first-order valence-electron chi connectivity index (χ1n) is 2.04. The Morgan fingerprint density at radius 3 is 2.25 bits per heavy atom. The summed E-state index contributed by atoms with van der Waals surface area (Å²) in [6.07, 6.45) is 0. The zero-order chi connectivity index (χ0) is 6.57. The van der Waals surface area contributed by atoms with E-state index < -0.39 is 0 Å². The van der Waals surface area contributed by atoms with Gasteiger partial charge in [0.05, 0.1) is 0 Å². The Morgan fingerprint density at radius 1 is 1.62 bits per heavy atom. The van der Waals surface area contributed by atoms with Crippen molar-refractivity contribution in [3.05, 3.63) is 23.2 Å². The van der Waals surface area contributed by atoms with Crippen molar-refractivity contribution in [1.29, 1.82) is 0 Å². The van der Waals surface area contributed by atoms with Crippen molar-refractivity contribution >= 4 is 27.7 Å². The highest BCUT2D eigenvalue weighted by atomic mass is 79.9. The summed E-state index contributed by atoms with van der Waals surface area (Å²) in [4.78, 5) is 2.43. The average Bonchev–Trinajstić information content (AvgIpc) is 1.67. The maximum absolute atomic E-state index is 5.17. The topological polar surface area (TPSA) is 12.0 Å². The van der Waals surface area contributed by atoms with E-state index in [9.17, 15) is 0 Å². The van der Waals surface area contributed by atoms with Crippen molar-refractivity contribution in [3.8, 4) is 0 Å². The van der Waals surface area contributed by atoms with Crippen molar-refractivity contribution in [3.63, 3.8) is 0 Å². The van der Waals surface area contributed by atoms with Crippen LogP contribution in [0.15, 0.2) is 23.2 Å². The number of halogens is 2. The van der Waals surface area contributed by atoms with Crippen molar-refractivity contribution in [2.24, 2.45) is 0 Å². The summed E-state index contributed by atoms with van der Waals surface area (Å²) in [5, 5.41) is 0. The smallest absolute Gasteiger partial charge is 0.0364 e. The Balaban J connectivity index is 3.49. The highest BCUT2D eigenvalue weighted by Gasteiger charge is 1.91. The molecule has 0 bridgehead atoms. The van der Waals surface area contributed by atoms with Crippen molar-refractivity contribution in [2.75, 3.05) is 6.54 Å². The molecule has 3 heteroatoms. The molecule has 8 heavy (non-hydrogen) atoms. The minimum atomic E-state index is 0.561. The van der Waals surface area contributed by atoms with Crippen LogP contribution in [0.25, 0.3) is 0 Å². The van der Waals surface area contributed by atoms with Gasteiger partial charge in [0.25, 0.3) is 0 Å². The summed E-state index contributed by atoms with van der Waals surface area (Å²) in [6.45, 7) is 7.80. The Kier molecular flexibility index (Phi) is 4.23. The molecule has 0 aliphatic heterocycles. The maximum Gasteiger partial charge on any atom is 0.0364 e. The standard InChI is InChI=1S/C5H7BrClN/c1-4(3-8-7)5(2)6/h8H,1-3H2. The molecule has 1 nitrogen and oxygen atoms in total. The molecular weight excluding hydrogens is 189 g/mol. The molecule has 0 amide bonds. The van der Waals surface area contributed by atoms with E-state index in [1.807, 2.05) is 0 Å². The van der Waals surface area contributed by atoms with Gasteiger partial charge in [0.2, 0.25) is 0 Å². The third-order valence-electron chi connectivity index (χ3n) is 0.664. The second-order valence-corrected chi connectivity index (χ2v) is 2.54. The van der Waals surface area contributed by atoms with Gasteiger partial charge in [0.15, 0.2) is 0 Å². The largest absolute Gasteiger partial charge is 0.229 e. The molecule has 0 saturated carbocycles. The minimum Gasteiger partial charge on any atom is -0.229 e. The maximum atomic E-state index is 5.17. The molecule has 0 radical (unpaired) electrons. The van der Waals surface area contributed by atoms with Crippen LogP contribution in [-0.4, -0.2) is 6.54 Å². The van der Waals surface area contributed by atoms with Gasteiger partial charge in [-0.2, -0.15) is 0 Å². The fraction of sp³-hybridized carbons (Fsp3) is 0.200. The summed E-state index contributed by atoms with van der Waals surface area (Å²) in [5.41, 5.74) is 0.861. The molecule has 0 heterocycles. The molecule has 0 aliphatic rings. The van der Waals surface area contributed by atoms with E-state index in [2.05, 4.69) is 33.9 Å². The van der Waals surface area contributed by atoms with Crippen LogP contribution in [0.4, 0.5) is 0 Å². The molecule has 0 aromatic carbocycles. The number of hydrogen-bond acceptors (Lipinski definition) is 1. The highest BCUT2D eigenvalue weighted by Crippen LogP contribution is 2.10. The van der Waals surface area contributed by atoms with E-state index in [0.717, 1.165) is 10.1 Å². The van der Waals surface area contributed by atoms with Gasteiger partial charge < -0.3 is 0 Å². The van der Waals surface area contributed by atoms with Gasteiger partial charge in [0, 0.05) is 11.0 Å². The van der Waals surface area contributed by atoms with Gasteiger partial charge >= 0.3 is 0 Å². The van der Waals surface area contributed by atoms with Gasteiger partial charge in [0.1, 0.15) is 0 Å². The fourth-order valence-electron chi connectivity index (χ4n) is 0.177. The monoisotopic (exact) mass is 195 g/mol. The van der Waals surface area contributed by atoms with Gasteiger partial charge in [-0.15, -0.1) is 0 Å². The van der Waals surface area contributed by atoms with Crippen LogP contribution in [0.2, 0.25) is 0 Å². The summed E-state index contributed by atoms with van der Waals surface area (Å²) < 4.78 is 0.783. The third-order valence-corrected chi connectivity index (χ3v) is 1.36. The van der Waals surface area contributed by atoms with E-state index in [0.29, 0.717) is 6.54 Å². The first-order valence-corrected chi connectivity index (χ1v) is 3.21. The lowest BCUT2D eigenvalue weighted by Crippen LogP contribution is -2.02. The Morgan fingerprint density at radius 2 is 2.12 bits per heavy atom. The van der Waals surface area contributed by atoms with Crippen LogP contribution in [0.1, 0.15) is 0 Å². The summed E-state index contributed by atoms with van der Waals surface area (Å²) in [7, 11) is 0. The van der Waals surface area contributed by atoms with Crippen molar-refractivity contribution < 1.29 is 0 Å². The van der Waals surface area contributed by atoms with E-state index >= 15 is 0 Å². The summed E-state index contributed by atoms with van der Waals surface area (Å²) in [6, 6.07) is 0. The molecule has 46 valence electrons. The molecular formula is C5H7BrClN. The Bertz CT molecular complexity index is 111. The van der Waals surface area contributed by atoms with E-state index in [-0.39, 0.29) is 0 Å². The molecule has 0 aliphatic carbocycles. The first-order chi connectivity index (χ1) is 3.68. The van der Waals surface area contributed by atoms with E-state index in [4.69, 9.17) is 11.8 Å². The number of nitrogens with one attached hydrogen (secondary N) is 1. The Hall–Kier alpha value is 0.210. The van der Waals surface area contributed by atoms with E-state index in [1.54, 1.807) is 0 Å². The zero-order valence-electron chi connectivity index (χ0n) is 4.38. The van der Waals surface area contributed by atoms with Gasteiger partial charge in [-0.3, -0.25) is 0 Å². The molecule has 0 rings (SSSR count). The second-order valence-electron chi connectivity index (χ2n) is 1.32. The molecule has 0 aromatic heterocycles. The summed E-state index contributed by atoms with van der Waals surface area (Å²) >= 11 is 8.32. The van der Waals surface area contributed by atoms with E-state index in [1.165, 1.54) is 0 Å². The van der Waals surface area contributed by atoms with Gasteiger partial charge in [-0.25, -0.2) is 4.84 Å². The minimum absolute atomic E-state index is 0.561. The first kappa shape index (κ1) is 8.21. The number of rotatable bonds is 3. The van der Waals surface area contributed by atoms with Crippen molar-refractivity contribution in [1.82, 2.24) is 4.84 Å². The van der Waals surface area contributed by atoms with Crippen LogP contribution in [0.3, 0.4) is 0 Å². The van der Waals surface area contributed by atoms with Crippen LogP contribution < -0.4 is 4.84 Å². The van der Waals surface area contributed by atoms with Crippen LogP contribution in [-0.2, 0) is 0 Å². The third kappa shape index (κ3) is 3.24. The SMILES string of the molecule is C=C(Br)C(=C)CNCl. The molecule has 0 spiro atoms. The molecule has 0 unspecified atom stereocenters. The fourth-order valence-corrected chi connectivity index (χ4v) is 0.478. The predicted octanol–water partition coefficient (Wildman–Crippen LogP) is 2.19. The molecule has 0 fully saturated rings. The molecule has 0 atom stereocenters. The quantitative estimate of drug-likeness (QED) is 0.539. The lowest BCUT2D eigenvalue weighted by Gasteiger charge is -1.97. The van der Waals surface area contributed by atoms with Crippen LogP contribution >= 0.6 is 27.7 Å². The Labute approximate surface area is 62.7 Å². The average molecular weight is 196 g/mol. The second kappa shape index (κ2) is 4.13. The normalized spacial score (nSPS) is 8.75. The summed E-state index contributed by atoms with van der Waals surface area (Å²) in [5.74, 6) is 0.